The normalized spacial score (nSPS) is 15.2. The van der Waals surface area contributed by atoms with Crippen LogP contribution >= 0.6 is 15.9 Å². The minimum Gasteiger partial charge on any atom is -0.368 e. The fraction of sp³-hybridized carbons (Fsp3) is 0.167. The van der Waals surface area contributed by atoms with E-state index in [1.54, 1.807) is 30.5 Å². The average Bonchev–Trinajstić information content (AvgIpc) is 2.83. The van der Waals surface area contributed by atoms with Crippen LogP contribution in [-0.2, 0) is 23.1 Å². The van der Waals surface area contributed by atoms with Crippen molar-refractivity contribution in [3.8, 4) is 0 Å². The van der Waals surface area contributed by atoms with E-state index in [1.807, 2.05) is 0 Å². The van der Waals surface area contributed by atoms with E-state index in [2.05, 4.69) is 25.9 Å². The first-order valence-corrected chi connectivity index (χ1v) is 8.06. The van der Waals surface area contributed by atoms with Crippen molar-refractivity contribution in [3.05, 3.63) is 46.2 Å². The zero-order valence-corrected chi connectivity index (χ0v) is 12.7. The predicted octanol–water partition coefficient (Wildman–Crippen LogP) is 1.53. The van der Waals surface area contributed by atoms with Crippen molar-refractivity contribution in [1.82, 2.24) is 14.3 Å². The highest BCUT2D eigenvalue weighted by Gasteiger charge is 2.31. The van der Waals surface area contributed by atoms with Crippen LogP contribution in [0.15, 0.2) is 39.8 Å². The Morgan fingerprint density at radius 3 is 2.60 bits per heavy atom. The van der Waals surface area contributed by atoms with E-state index in [4.69, 9.17) is 5.73 Å². The van der Waals surface area contributed by atoms with Gasteiger partial charge in [0.15, 0.2) is 0 Å². The minimum absolute atomic E-state index is 0.159. The van der Waals surface area contributed by atoms with Crippen LogP contribution in [-0.4, -0.2) is 22.7 Å². The van der Waals surface area contributed by atoms with Gasteiger partial charge in [0.05, 0.1) is 17.1 Å². The summed E-state index contributed by atoms with van der Waals surface area (Å²) in [6.07, 6.45) is 1.58. The maximum Gasteiger partial charge on any atom is 0.243 e. The second-order valence-electron chi connectivity index (χ2n) is 4.43. The number of hydrogen-bond donors (Lipinski definition) is 1. The highest BCUT2D eigenvalue weighted by molar-refractivity contribution is 9.10. The lowest BCUT2D eigenvalue weighted by atomic mass is 10.3. The number of halogens is 1. The molecular weight excluding hydrogens is 344 g/mol. The summed E-state index contributed by atoms with van der Waals surface area (Å²) in [4.78, 5) is 8.23. The number of rotatable bonds is 2. The molecule has 0 radical (unpaired) electrons. The van der Waals surface area contributed by atoms with E-state index in [0.29, 0.717) is 5.69 Å². The molecule has 0 amide bonds. The van der Waals surface area contributed by atoms with Crippen LogP contribution in [0.4, 0.5) is 5.95 Å². The smallest absolute Gasteiger partial charge is 0.243 e. The molecule has 0 bridgehead atoms. The van der Waals surface area contributed by atoms with Gasteiger partial charge in [0.25, 0.3) is 0 Å². The second-order valence-corrected chi connectivity index (χ2v) is 7.28. The molecule has 0 spiro atoms. The first-order valence-electron chi connectivity index (χ1n) is 5.83. The van der Waals surface area contributed by atoms with Gasteiger partial charge in [-0.3, -0.25) is 0 Å². The van der Waals surface area contributed by atoms with Crippen LogP contribution in [0.3, 0.4) is 0 Å². The Bertz CT molecular complexity index is 762. The summed E-state index contributed by atoms with van der Waals surface area (Å²) in [6.45, 7) is 0.495. The minimum atomic E-state index is -3.53. The standard InChI is InChI=1S/C12H11BrN4O2S/c13-9-1-3-10(4-2-9)20(18,19)17-6-8-5-15-12(14)16-11(8)7-17/h1-5H,6-7H2,(H2,14,15,16). The van der Waals surface area contributed by atoms with Gasteiger partial charge in [-0.1, -0.05) is 15.9 Å². The first kappa shape index (κ1) is 13.5. The van der Waals surface area contributed by atoms with Crippen LogP contribution in [0.2, 0.25) is 0 Å². The Morgan fingerprint density at radius 1 is 1.20 bits per heavy atom. The molecule has 2 heterocycles. The van der Waals surface area contributed by atoms with Crippen molar-refractivity contribution in [2.75, 3.05) is 5.73 Å². The quantitative estimate of drug-likeness (QED) is 0.882. The van der Waals surface area contributed by atoms with E-state index >= 15 is 0 Å². The molecule has 0 saturated heterocycles. The predicted molar refractivity (Wildman–Crippen MR) is 77.0 cm³/mol. The molecule has 2 N–H and O–H groups in total. The summed E-state index contributed by atoms with van der Waals surface area (Å²) < 4.78 is 27.3. The lowest BCUT2D eigenvalue weighted by molar-refractivity contribution is 0.430. The molecule has 6 nitrogen and oxygen atoms in total. The van der Waals surface area contributed by atoms with Gasteiger partial charge >= 0.3 is 0 Å². The molecular formula is C12H11BrN4O2S. The molecule has 20 heavy (non-hydrogen) atoms. The Kier molecular flexibility index (Phi) is 3.23. The van der Waals surface area contributed by atoms with Crippen LogP contribution in [0.1, 0.15) is 11.3 Å². The van der Waals surface area contributed by atoms with Gasteiger partial charge in [-0.05, 0) is 24.3 Å². The van der Waals surface area contributed by atoms with Gasteiger partial charge in [0.1, 0.15) is 0 Å². The molecule has 0 saturated carbocycles. The summed E-state index contributed by atoms with van der Waals surface area (Å²) in [5, 5.41) is 0. The van der Waals surface area contributed by atoms with E-state index < -0.39 is 10.0 Å². The lowest BCUT2D eigenvalue weighted by Gasteiger charge is -2.15. The van der Waals surface area contributed by atoms with Crippen molar-refractivity contribution in [1.29, 1.82) is 0 Å². The van der Waals surface area contributed by atoms with Crippen molar-refractivity contribution in [3.63, 3.8) is 0 Å². The van der Waals surface area contributed by atoms with Gasteiger partial charge in [-0.15, -0.1) is 0 Å². The number of nitrogen functional groups attached to an aromatic ring is 1. The summed E-state index contributed by atoms with van der Waals surface area (Å²) in [7, 11) is -3.53. The second kappa shape index (κ2) is 4.80. The maximum atomic E-state index is 12.5. The highest BCUT2D eigenvalue weighted by atomic mass is 79.9. The number of nitrogens with two attached hydrogens (primary N) is 1. The van der Waals surface area contributed by atoms with Crippen LogP contribution in [0, 0.1) is 0 Å². The largest absolute Gasteiger partial charge is 0.368 e. The molecule has 0 unspecified atom stereocenters. The fourth-order valence-electron chi connectivity index (χ4n) is 2.07. The number of anilines is 1. The van der Waals surface area contributed by atoms with E-state index in [-0.39, 0.29) is 23.9 Å². The molecule has 3 rings (SSSR count). The third kappa shape index (κ3) is 2.30. The molecule has 1 aliphatic heterocycles. The number of hydrogen-bond acceptors (Lipinski definition) is 5. The monoisotopic (exact) mass is 354 g/mol. The van der Waals surface area contributed by atoms with Crippen molar-refractivity contribution < 1.29 is 8.42 Å². The number of aromatic nitrogens is 2. The van der Waals surface area contributed by atoms with Gasteiger partial charge < -0.3 is 5.73 Å². The zero-order valence-electron chi connectivity index (χ0n) is 10.3. The van der Waals surface area contributed by atoms with Crippen LogP contribution < -0.4 is 5.73 Å². The Balaban J connectivity index is 1.93. The number of fused-ring (bicyclic) bond motifs is 1. The van der Waals surface area contributed by atoms with Gasteiger partial charge in [-0.25, -0.2) is 18.4 Å². The van der Waals surface area contributed by atoms with Gasteiger partial charge in [-0.2, -0.15) is 4.31 Å². The third-order valence-electron chi connectivity index (χ3n) is 3.10. The molecule has 8 heteroatoms. The molecule has 1 aromatic carbocycles. The Labute approximate surface area is 124 Å². The molecule has 0 aliphatic carbocycles. The van der Waals surface area contributed by atoms with E-state index in [9.17, 15) is 8.42 Å². The van der Waals surface area contributed by atoms with Crippen LogP contribution in [0.5, 0.6) is 0 Å². The lowest BCUT2D eigenvalue weighted by Crippen LogP contribution is -2.25. The average molecular weight is 355 g/mol. The Morgan fingerprint density at radius 2 is 1.90 bits per heavy atom. The highest BCUT2D eigenvalue weighted by Crippen LogP contribution is 2.27. The summed E-state index contributed by atoms with van der Waals surface area (Å²) in [6, 6.07) is 6.55. The van der Waals surface area contributed by atoms with E-state index in [1.165, 1.54) is 4.31 Å². The number of benzene rings is 1. The van der Waals surface area contributed by atoms with Gasteiger partial charge in [0.2, 0.25) is 16.0 Å². The molecule has 1 aromatic heterocycles. The fourth-order valence-corrected chi connectivity index (χ4v) is 3.71. The number of nitrogens with zero attached hydrogens (tertiary/aromatic N) is 3. The number of sulfonamides is 1. The molecule has 0 atom stereocenters. The third-order valence-corrected chi connectivity index (χ3v) is 5.43. The first-order chi connectivity index (χ1) is 9.46. The van der Waals surface area contributed by atoms with Gasteiger partial charge in [0, 0.05) is 22.8 Å². The molecule has 1 aliphatic rings. The van der Waals surface area contributed by atoms with Crippen molar-refractivity contribution >= 4 is 31.9 Å². The van der Waals surface area contributed by atoms with Crippen molar-refractivity contribution in [2.24, 2.45) is 0 Å². The van der Waals surface area contributed by atoms with Crippen molar-refractivity contribution in [2.45, 2.75) is 18.0 Å². The molecule has 0 fully saturated rings. The Hall–Kier alpha value is -1.51. The zero-order chi connectivity index (χ0) is 14.3. The molecule has 104 valence electrons. The summed E-state index contributed by atoms with van der Waals surface area (Å²) >= 11 is 3.29. The maximum absolute atomic E-state index is 12.5. The topological polar surface area (TPSA) is 89.2 Å². The van der Waals surface area contributed by atoms with E-state index in [0.717, 1.165) is 10.0 Å². The molecule has 2 aromatic rings. The SMILES string of the molecule is Nc1ncc2c(n1)CN(S(=O)(=O)c1ccc(Br)cc1)C2. The summed E-state index contributed by atoms with van der Waals surface area (Å²) in [5.74, 6) is 0.159. The van der Waals surface area contributed by atoms with Crippen LogP contribution in [0.25, 0.3) is 0 Å². The summed E-state index contributed by atoms with van der Waals surface area (Å²) in [5.41, 5.74) is 6.97.